The van der Waals surface area contributed by atoms with Crippen LogP contribution >= 0.6 is 35.1 Å². The minimum atomic E-state index is -0.0735. The first-order valence-corrected chi connectivity index (χ1v) is 11.9. The van der Waals surface area contributed by atoms with Gasteiger partial charge in [0.1, 0.15) is 5.82 Å². The molecule has 0 bridgehead atoms. The van der Waals surface area contributed by atoms with Gasteiger partial charge >= 0.3 is 0 Å². The predicted octanol–water partition coefficient (Wildman–Crippen LogP) is 5.59. The van der Waals surface area contributed by atoms with Crippen molar-refractivity contribution in [1.82, 2.24) is 14.8 Å². The number of nitrogens with zero attached hydrogens (tertiary/aromatic N) is 3. The van der Waals surface area contributed by atoms with E-state index in [1.807, 2.05) is 66.1 Å². The Morgan fingerprint density at radius 3 is 2.57 bits per heavy atom. The van der Waals surface area contributed by atoms with Crippen molar-refractivity contribution in [1.29, 1.82) is 0 Å². The molecule has 5 nitrogen and oxygen atoms in total. The van der Waals surface area contributed by atoms with Gasteiger partial charge in [0.2, 0.25) is 5.91 Å². The van der Waals surface area contributed by atoms with Gasteiger partial charge in [0.15, 0.2) is 5.16 Å². The molecule has 0 unspecified atom stereocenters. The van der Waals surface area contributed by atoms with Gasteiger partial charge in [-0.1, -0.05) is 59.3 Å². The number of hydrogen-bond donors (Lipinski definition) is 1. The minimum Gasteiger partial charge on any atom is -0.325 e. The number of anilines is 1. The lowest BCUT2D eigenvalue weighted by Crippen LogP contribution is -2.14. The van der Waals surface area contributed by atoms with Crippen molar-refractivity contribution in [2.24, 2.45) is 0 Å². The molecular weight excluding hydrogens is 436 g/mol. The predicted molar refractivity (Wildman–Crippen MR) is 127 cm³/mol. The summed E-state index contributed by atoms with van der Waals surface area (Å²) in [6.07, 6.45) is 1.81. The van der Waals surface area contributed by atoms with Gasteiger partial charge < -0.3 is 9.88 Å². The molecule has 1 heterocycles. The van der Waals surface area contributed by atoms with Gasteiger partial charge in [0, 0.05) is 23.0 Å². The Bertz CT molecular complexity index is 987. The van der Waals surface area contributed by atoms with Crippen LogP contribution in [0.2, 0.25) is 5.02 Å². The van der Waals surface area contributed by atoms with E-state index in [4.69, 9.17) is 11.6 Å². The number of allylic oxidation sites excluding steroid dienone is 1. The van der Waals surface area contributed by atoms with Crippen LogP contribution < -0.4 is 5.32 Å². The number of aryl methyl sites for hydroxylation is 1. The molecule has 0 aliphatic heterocycles. The number of rotatable bonds is 10. The lowest BCUT2D eigenvalue weighted by molar-refractivity contribution is -0.113. The third-order valence-corrected chi connectivity index (χ3v) is 6.40. The average molecular weight is 459 g/mol. The Kier molecular flexibility index (Phi) is 8.42. The standard InChI is InChI=1S/C22H23ClN4OS2/c1-3-12-27-20(14-29-13-17-6-8-18(23)9-7-17)25-26-22(27)30-15-21(28)24-19-10-4-16(2)5-11-19/h3-11H,1,12-15H2,2H3,(H,24,28). The van der Waals surface area contributed by atoms with Crippen molar-refractivity contribution in [3.8, 4) is 0 Å². The van der Waals surface area contributed by atoms with E-state index in [0.717, 1.165) is 38.8 Å². The van der Waals surface area contributed by atoms with Crippen molar-refractivity contribution in [2.75, 3.05) is 11.1 Å². The highest BCUT2D eigenvalue weighted by molar-refractivity contribution is 7.99. The molecule has 156 valence electrons. The molecule has 0 atom stereocenters. The molecule has 0 radical (unpaired) electrons. The van der Waals surface area contributed by atoms with Gasteiger partial charge in [-0.2, -0.15) is 0 Å². The van der Waals surface area contributed by atoms with Crippen LogP contribution in [0.5, 0.6) is 0 Å². The number of hydrogen-bond acceptors (Lipinski definition) is 5. The largest absolute Gasteiger partial charge is 0.325 e. The van der Waals surface area contributed by atoms with Gasteiger partial charge in [-0.05, 0) is 36.8 Å². The highest BCUT2D eigenvalue weighted by atomic mass is 35.5. The Labute approximate surface area is 190 Å². The molecular formula is C22H23ClN4OS2. The van der Waals surface area contributed by atoms with Crippen LogP contribution in [0.4, 0.5) is 5.69 Å². The van der Waals surface area contributed by atoms with Crippen molar-refractivity contribution < 1.29 is 4.79 Å². The van der Waals surface area contributed by atoms with E-state index in [-0.39, 0.29) is 11.7 Å². The number of carbonyl (C=O) groups is 1. The summed E-state index contributed by atoms with van der Waals surface area (Å²) in [7, 11) is 0. The van der Waals surface area contributed by atoms with Crippen LogP contribution in [-0.2, 0) is 22.8 Å². The highest BCUT2D eigenvalue weighted by Gasteiger charge is 2.14. The fourth-order valence-corrected chi connectivity index (χ4v) is 4.47. The minimum absolute atomic E-state index is 0.0735. The van der Waals surface area contributed by atoms with Crippen LogP contribution in [0.25, 0.3) is 0 Å². The van der Waals surface area contributed by atoms with E-state index < -0.39 is 0 Å². The van der Waals surface area contributed by atoms with Crippen LogP contribution in [0, 0.1) is 6.92 Å². The second-order valence-corrected chi connectivity index (χ2v) is 8.98. The summed E-state index contributed by atoms with van der Waals surface area (Å²) in [5, 5.41) is 13.0. The number of aromatic nitrogens is 3. The first-order valence-electron chi connectivity index (χ1n) is 9.39. The molecule has 8 heteroatoms. The van der Waals surface area contributed by atoms with Crippen LogP contribution in [0.3, 0.4) is 0 Å². The van der Waals surface area contributed by atoms with Crippen molar-refractivity contribution in [3.05, 3.63) is 83.2 Å². The number of benzene rings is 2. The molecule has 0 saturated carbocycles. The third-order valence-electron chi connectivity index (χ3n) is 4.19. The first-order chi connectivity index (χ1) is 14.5. The molecule has 1 amide bonds. The summed E-state index contributed by atoms with van der Waals surface area (Å²) >= 11 is 9.07. The number of carbonyl (C=O) groups excluding carboxylic acids is 1. The second kappa shape index (κ2) is 11.2. The molecule has 0 saturated heterocycles. The van der Waals surface area contributed by atoms with Gasteiger partial charge in [-0.25, -0.2) is 0 Å². The van der Waals surface area contributed by atoms with E-state index in [0.29, 0.717) is 6.54 Å². The van der Waals surface area contributed by atoms with Crippen molar-refractivity contribution in [3.63, 3.8) is 0 Å². The molecule has 3 aromatic rings. The van der Waals surface area contributed by atoms with Gasteiger partial charge in [0.05, 0.1) is 11.5 Å². The molecule has 0 aliphatic rings. The summed E-state index contributed by atoms with van der Waals surface area (Å²) in [6.45, 7) is 6.44. The SMILES string of the molecule is C=CCn1c(CSCc2ccc(Cl)cc2)nnc1SCC(=O)Nc1ccc(C)cc1. The lowest BCUT2D eigenvalue weighted by atomic mass is 10.2. The molecule has 30 heavy (non-hydrogen) atoms. The Morgan fingerprint density at radius 2 is 1.87 bits per heavy atom. The maximum Gasteiger partial charge on any atom is 0.234 e. The zero-order valence-electron chi connectivity index (χ0n) is 16.7. The van der Waals surface area contributed by atoms with Crippen molar-refractivity contribution in [2.45, 2.75) is 30.1 Å². The summed E-state index contributed by atoms with van der Waals surface area (Å²) in [6, 6.07) is 15.6. The number of thioether (sulfide) groups is 2. The highest BCUT2D eigenvalue weighted by Crippen LogP contribution is 2.23. The lowest BCUT2D eigenvalue weighted by Gasteiger charge is -2.08. The zero-order chi connectivity index (χ0) is 21.3. The summed E-state index contributed by atoms with van der Waals surface area (Å²) in [5.74, 6) is 2.64. The smallest absolute Gasteiger partial charge is 0.234 e. The van der Waals surface area contributed by atoms with Crippen LogP contribution in [-0.4, -0.2) is 26.4 Å². The number of amides is 1. The summed E-state index contributed by atoms with van der Waals surface area (Å²) in [4.78, 5) is 12.3. The molecule has 1 N–H and O–H groups in total. The Hall–Kier alpha value is -2.22. The molecule has 2 aromatic carbocycles. The van der Waals surface area contributed by atoms with Crippen molar-refractivity contribution >= 4 is 46.7 Å². The van der Waals surface area contributed by atoms with Gasteiger partial charge in [0.25, 0.3) is 0 Å². The van der Waals surface area contributed by atoms with E-state index in [9.17, 15) is 4.79 Å². The summed E-state index contributed by atoms with van der Waals surface area (Å²) < 4.78 is 2.01. The topological polar surface area (TPSA) is 59.8 Å². The third kappa shape index (κ3) is 6.65. The van der Waals surface area contributed by atoms with Gasteiger partial charge in [-0.3, -0.25) is 4.79 Å². The molecule has 0 spiro atoms. The van der Waals surface area contributed by atoms with E-state index in [1.165, 1.54) is 17.3 Å². The molecule has 3 rings (SSSR count). The molecule has 1 aromatic heterocycles. The quantitative estimate of drug-likeness (QED) is 0.317. The van der Waals surface area contributed by atoms with Crippen LogP contribution in [0.1, 0.15) is 17.0 Å². The maximum atomic E-state index is 12.3. The Balaban J connectivity index is 1.55. The Morgan fingerprint density at radius 1 is 1.13 bits per heavy atom. The fraction of sp³-hybridized carbons (Fsp3) is 0.227. The van der Waals surface area contributed by atoms with Gasteiger partial charge in [-0.15, -0.1) is 28.5 Å². The maximum absolute atomic E-state index is 12.3. The normalized spacial score (nSPS) is 10.7. The first kappa shape index (κ1) is 22.5. The summed E-state index contributed by atoms with van der Waals surface area (Å²) in [5.41, 5.74) is 3.15. The van der Waals surface area contributed by atoms with E-state index in [2.05, 4.69) is 22.1 Å². The fourth-order valence-electron chi connectivity index (χ4n) is 2.65. The van der Waals surface area contributed by atoms with E-state index in [1.54, 1.807) is 11.8 Å². The number of nitrogens with one attached hydrogen (secondary N) is 1. The number of halogens is 1. The van der Waals surface area contributed by atoms with Crippen LogP contribution in [0.15, 0.2) is 66.3 Å². The second-order valence-electron chi connectivity index (χ2n) is 6.62. The molecule has 0 fully saturated rings. The zero-order valence-corrected chi connectivity index (χ0v) is 19.1. The monoisotopic (exact) mass is 458 g/mol. The molecule has 0 aliphatic carbocycles. The van der Waals surface area contributed by atoms with E-state index >= 15 is 0 Å². The average Bonchev–Trinajstić information content (AvgIpc) is 3.12.